The summed E-state index contributed by atoms with van der Waals surface area (Å²) >= 11 is 0. The number of anilines is 1. The lowest BCUT2D eigenvalue weighted by atomic mass is 10.1. The van der Waals surface area contributed by atoms with Crippen molar-refractivity contribution in [1.29, 1.82) is 0 Å². The number of benzene rings is 2. The van der Waals surface area contributed by atoms with Crippen LogP contribution in [0.25, 0.3) is 10.8 Å². The number of fused-ring (bicyclic) bond motifs is 1. The minimum absolute atomic E-state index is 0.00683. The quantitative estimate of drug-likeness (QED) is 0.618. The number of hydrogen-bond donors (Lipinski definition) is 3. The second-order valence-electron chi connectivity index (χ2n) is 5.83. The Bertz CT molecular complexity index is 1010. The van der Waals surface area contributed by atoms with Crippen LogP contribution in [-0.4, -0.2) is 51.4 Å². The molecule has 1 fully saturated rings. The largest absolute Gasteiger partial charge is 0.506 e. The number of phenolic OH excluding ortho intramolecular Hbond substituents is 2. The zero-order valence-electron chi connectivity index (χ0n) is 14.2. The van der Waals surface area contributed by atoms with Crippen molar-refractivity contribution >= 4 is 32.6 Å². The molecular weight excluding hydrogens is 383 g/mol. The maximum Gasteiger partial charge on any atom is 0.326 e. The van der Waals surface area contributed by atoms with Crippen LogP contribution >= 0.6 is 0 Å². The molecule has 0 aromatic heterocycles. The van der Waals surface area contributed by atoms with Crippen LogP contribution in [-0.2, 0) is 19.7 Å². The zero-order chi connectivity index (χ0) is 19.8. The van der Waals surface area contributed by atoms with E-state index in [9.17, 15) is 23.4 Å². The molecule has 27 heavy (non-hydrogen) atoms. The SMILES string of the molecule is COCCCOc1cc2c(F)c(N3CC(=O)NS3(=O)=O)c(O)cc2cc1O. The molecule has 3 N–H and O–H groups in total. The molecule has 1 heterocycles. The number of aromatic hydroxyl groups is 2. The summed E-state index contributed by atoms with van der Waals surface area (Å²) in [7, 11) is -2.77. The van der Waals surface area contributed by atoms with Gasteiger partial charge < -0.3 is 19.7 Å². The van der Waals surface area contributed by atoms with Crippen molar-refractivity contribution in [2.45, 2.75) is 6.42 Å². The molecule has 2 aromatic carbocycles. The fourth-order valence-corrected chi connectivity index (χ4v) is 3.90. The van der Waals surface area contributed by atoms with Gasteiger partial charge in [0, 0.05) is 25.5 Å². The van der Waals surface area contributed by atoms with Crippen LogP contribution in [0, 0.1) is 5.82 Å². The molecule has 0 unspecified atom stereocenters. The normalized spacial score (nSPS) is 15.9. The van der Waals surface area contributed by atoms with E-state index in [1.807, 2.05) is 0 Å². The monoisotopic (exact) mass is 400 g/mol. The lowest BCUT2D eigenvalue weighted by molar-refractivity contribution is -0.117. The van der Waals surface area contributed by atoms with Gasteiger partial charge in [-0.15, -0.1) is 0 Å². The highest BCUT2D eigenvalue weighted by Gasteiger charge is 2.37. The summed E-state index contributed by atoms with van der Waals surface area (Å²) in [5.41, 5.74) is -0.656. The molecule has 1 aliphatic heterocycles. The van der Waals surface area contributed by atoms with Crippen molar-refractivity contribution in [3.8, 4) is 17.2 Å². The van der Waals surface area contributed by atoms with E-state index in [1.165, 1.54) is 19.2 Å². The molecule has 0 spiro atoms. The molecular formula is C16H17FN2O7S. The molecule has 0 saturated carbocycles. The standard InChI is InChI=1S/C16H17FN2O7S/c1-25-3-2-4-26-13-7-10-9(5-11(13)20)6-12(21)16(15(10)17)19-8-14(22)18-27(19,23)24/h5-7,20-21H,2-4,8H2,1H3,(H,18,22). The second kappa shape index (κ2) is 7.08. The van der Waals surface area contributed by atoms with E-state index in [1.54, 1.807) is 4.72 Å². The molecule has 0 radical (unpaired) electrons. The molecule has 3 rings (SSSR count). The van der Waals surface area contributed by atoms with Gasteiger partial charge in [0.05, 0.1) is 6.61 Å². The summed E-state index contributed by atoms with van der Waals surface area (Å²) in [5, 5.41) is 20.2. The number of amides is 1. The Morgan fingerprint density at radius 2 is 1.93 bits per heavy atom. The van der Waals surface area contributed by atoms with Crippen LogP contribution in [0.3, 0.4) is 0 Å². The van der Waals surface area contributed by atoms with Crippen LogP contribution in [0.5, 0.6) is 17.2 Å². The number of nitrogens with one attached hydrogen (secondary N) is 1. The van der Waals surface area contributed by atoms with E-state index in [-0.39, 0.29) is 28.9 Å². The first kappa shape index (κ1) is 19.0. The molecule has 1 saturated heterocycles. The Balaban J connectivity index is 2.06. The van der Waals surface area contributed by atoms with Gasteiger partial charge >= 0.3 is 10.2 Å². The number of hydrogen-bond acceptors (Lipinski definition) is 7. The number of ether oxygens (including phenoxy) is 2. The molecule has 2 aromatic rings. The first-order valence-electron chi connectivity index (χ1n) is 7.88. The summed E-state index contributed by atoms with van der Waals surface area (Å²) in [6, 6.07) is 3.49. The van der Waals surface area contributed by atoms with Crippen molar-refractivity contribution in [3.63, 3.8) is 0 Å². The Morgan fingerprint density at radius 3 is 2.56 bits per heavy atom. The minimum Gasteiger partial charge on any atom is -0.506 e. The Morgan fingerprint density at radius 1 is 1.22 bits per heavy atom. The third-order valence-corrected chi connectivity index (χ3v) is 5.31. The fraction of sp³-hybridized carbons (Fsp3) is 0.312. The van der Waals surface area contributed by atoms with Gasteiger partial charge in [-0.05, 0) is 23.6 Å². The topological polar surface area (TPSA) is 125 Å². The average molecular weight is 400 g/mol. The molecule has 146 valence electrons. The molecule has 9 nitrogen and oxygen atoms in total. The summed E-state index contributed by atoms with van der Waals surface area (Å²) in [4.78, 5) is 11.4. The van der Waals surface area contributed by atoms with Gasteiger partial charge in [-0.2, -0.15) is 8.42 Å². The fourth-order valence-electron chi connectivity index (χ4n) is 2.73. The van der Waals surface area contributed by atoms with Crippen LogP contribution in [0.15, 0.2) is 18.2 Å². The maximum atomic E-state index is 15.0. The summed E-state index contributed by atoms with van der Waals surface area (Å²) in [5.74, 6) is -2.87. The first-order chi connectivity index (χ1) is 12.7. The van der Waals surface area contributed by atoms with Crippen molar-refractivity contribution in [2.24, 2.45) is 0 Å². The van der Waals surface area contributed by atoms with Crippen LogP contribution < -0.4 is 13.8 Å². The molecule has 0 aliphatic carbocycles. The first-order valence-corrected chi connectivity index (χ1v) is 9.32. The number of carbonyl (C=O) groups is 1. The van der Waals surface area contributed by atoms with E-state index >= 15 is 4.39 Å². The lowest BCUT2D eigenvalue weighted by Gasteiger charge is -2.18. The molecule has 0 atom stereocenters. The number of methoxy groups -OCH3 is 1. The van der Waals surface area contributed by atoms with Crippen LogP contribution in [0.1, 0.15) is 6.42 Å². The van der Waals surface area contributed by atoms with E-state index in [2.05, 4.69) is 0 Å². The lowest BCUT2D eigenvalue weighted by Crippen LogP contribution is -2.30. The van der Waals surface area contributed by atoms with E-state index in [4.69, 9.17) is 9.47 Å². The summed E-state index contributed by atoms with van der Waals surface area (Å²) in [6.07, 6.45) is 0.539. The highest BCUT2D eigenvalue weighted by molar-refractivity contribution is 7.92. The van der Waals surface area contributed by atoms with Gasteiger partial charge in [-0.3, -0.25) is 4.79 Å². The van der Waals surface area contributed by atoms with Crippen LogP contribution in [0.4, 0.5) is 10.1 Å². The predicted octanol–water partition coefficient (Wildman–Crippen LogP) is 0.986. The van der Waals surface area contributed by atoms with Gasteiger partial charge in [0.2, 0.25) is 0 Å². The number of nitrogens with zero attached hydrogens (tertiary/aromatic N) is 1. The highest BCUT2D eigenvalue weighted by Crippen LogP contribution is 2.41. The number of halogens is 1. The van der Waals surface area contributed by atoms with Gasteiger partial charge in [0.15, 0.2) is 17.3 Å². The van der Waals surface area contributed by atoms with Gasteiger partial charge in [-0.25, -0.2) is 13.4 Å². The molecule has 11 heteroatoms. The summed E-state index contributed by atoms with van der Waals surface area (Å²) in [6.45, 7) is -0.0102. The van der Waals surface area contributed by atoms with E-state index in [0.29, 0.717) is 17.3 Å². The second-order valence-corrected chi connectivity index (χ2v) is 7.43. The van der Waals surface area contributed by atoms with Crippen molar-refractivity contribution in [3.05, 3.63) is 24.0 Å². The Hall–Kier alpha value is -2.79. The van der Waals surface area contributed by atoms with E-state index in [0.717, 1.165) is 6.07 Å². The maximum absolute atomic E-state index is 15.0. The zero-order valence-corrected chi connectivity index (χ0v) is 15.0. The highest BCUT2D eigenvalue weighted by atomic mass is 32.2. The van der Waals surface area contributed by atoms with Crippen molar-refractivity contribution in [1.82, 2.24) is 4.72 Å². The predicted molar refractivity (Wildman–Crippen MR) is 93.6 cm³/mol. The molecule has 1 amide bonds. The average Bonchev–Trinajstić information content (AvgIpc) is 2.84. The van der Waals surface area contributed by atoms with Crippen molar-refractivity contribution < 1.29 is 37.3 Å². The van der Waals surface area contributed by atoms with E-state index < -0.39 is 39.9 Å². The number of phenols is 2. The molecule has 0 bridgehead atoms. The summed E-state index contributed by atoms with van der Waals surface area (Å²) < 4.78 is 51.4. The number of rotatable bonds is 6. The van der Waals surface area contributed by atoms with Gasteiger partial charge in [-0.1, -0.05) is 0 Å². The Kier molecular flexibility index (Phi) is 4.98. The van der Waals surface area contributed by atoms with Gasteiger partial charge in [0.25, 0.3) is 5.91 Å². The molecule has 1 aliphatic rings. The third kappa shape index (κ3) is 3.55. The third-order valence-electron chi connectivity index (χ3n) is 3.93. The minimum atomic E-state index is -4.30. The van der Waals surface area contributed by atoms with Crippen molar-refractivity contribution in [2.75, 3.05) is 31.2 Å². The smallest absolute Gasteiger partial charge is 0.326 e. The Labute approximate surface area is 154 Å². The van der Waals surface area contributed by atoms with Gasteiger partial charge in [0.1, 0.15) is 18.0 Å². The van der Waals surface area contributed by atoms with Crippen LogP contribution in [0.2, 0.25) is 0 Å². The number of carbonyl (C=O) groups excluding carboxylic acids is 1.